The SMILES string of the molecule is Cc1cc(C)c(-c2c(CN(C)[C@H](C)c3ccccc3)ccc3ccccc23)c(OS(=O)(=O)c2ccc(Br)cc2)c1. The fourth-order valence-electron chi connectivity index (χ4n) is 5.22. The van der Waals surface area contributed by atoms with E-state index in [1.807, 2.05) is 38.1 Å². The van der Waals surface area contributed by atoms with Crippen LogP contribution < -0.4 is 4.18 Å². The fraction of sp³-hybridized carbons (Fsp3) is 0.176. The fourth-order valence-corrected chi connectivity index (χ4v) is 6.42. The highest BCUT2D eigenvalue weighted by Crippen LogP contribution is 2.42. The van der Waals surface area contributed by atoms with Gasteiger partial charge in [0.25, 0.3) is 0 Å². The Balaban J connectivity index is 1.66. The van der Waals surface area contributed by atoms with Gasteiger partial charge in [0, 0.05) is 22.6 Å². The van der Waals surface area contributed by atoms with E-state index in [0.717, 1.165) is 43.1 Å². The molecular formula is C34H32BrNO3S. The topological polar surface area (TPSA) is 46.6 Å². The second-order valence-electron chi connectivity index (χ2n) is 10.3. The van der Waals surface area contributed by atoms with E-state index in [1.54, 1.807) is 24.3 Å². The Morgan fingerprint density at radius 3 is 2.23 bits per heavy atom. The van der Waals surface area contributed by atoms with Crippen LogP contribution in [-0.4, -0.2) is 20.4 Å². The first-order chi connectivity index (χ1) is 19.1. The summed E-state index contributed by atoms with van der Waals surface area (Å²) >= 11 is 3.38. The lowest BCUT2D eigenvalue weighted by Gasteiger charge is -2.27. The third-order valence-corrected chi connectivity index (χ3v) is 9.15. The van der Waals surface area contributed by atoms with Gasteiger partial charge < -0.3 is 4.18 Å². The minimum Gasteiger partial charge on any atom is -0.378 e. The van der Waals surface area contributed by atoms with Crippen molar-refractivity contribution in [1.82, 2.24) is 4.90 Å². The van der Waals surface area contributed by atoms with Crippen molar-refractivity contribution in [2.24, 2.45) is 0 Å². The summed E-state index contributed by atoms with van der Waals surface area (Å²) in [5, 5.41) is 2.14. The molecule has 6 heteroatoms. The summed E-state index contributed by atoms with van der Waals surface area (Å²) in [7, 11) is -1.94. The van der Waals surface area contributed by atoms with E-state index in [-0.39, 0.29) is 10.9 Å². The van der Waals surface area contributed by atoms with Crippen LogP contribution in [0, 0.1) is 13.8 Å². The highest BCUT2D eigenvalue weighted by Gasteiger charge is 2.24. The molecule has 0 N–H and O–H groups in total. The van der Waals surface area contributed by atoms with Gasteiger partial charge in [-0.05, 0) is 96.7 Å². The number of hydrogen-bond acceptors (Lipinski definition) is 4. The molecule has 0 spiro atoms. The molecule has 0 aliphatic carbocycles. The zero-order valence-electron chi connectivity index (χ0n) is 23.1. The highest BCUT2D eigenvalue weighted by molar-refractivity contribution is 9.10. The summed E-state index contributed by atoms with van der Waals surface area (Å²) in [6.07, 6.45) is 0. The second-order valence-corrected chi connectivity index (χ2v) is 12.7. The van der Waals surface area contributed by atoms with Gasteiger partial charge in [-0.2, -0.15) is 8.42 Å². The molecule has 0 saturated carbocycles. The van der Waals surface area contributed by atoms with Gasteiger partial charge in [-0.1, -0.05) is 88.7 Å². The largest absolute Gasteiger partial charge is 0.378 e. The van der Waals surface area contributed by atoms with E-state index in [9.17, 15) is 8.42 Å². The molecule has 0 aromatic heterocycles. The van der Waals surface area contributed by atoms with Crippen LogP contribution in [0.25, 0.3) is 21.9 Å². The van der Waals surface area contributed by atoms with E-state index in [1.165, 1.54) is 5.56 Å². The molecule has 0 aliphatic heterocycles. The number of hydrogen-bond donors (Lipinski definition) is 0. The Hall–Kier alpha value is -3.45. The Morgan fingerprint density at radius 1 is 0.825 bits per heavy atom. The van der Waals surface area contributed by atoms with Gasteiger partial charge in [0.05, 0.1) is 0 Å². The number of aryl methyl sites for hydroxylation is 2. The van der Waals surface area contributed by atoms with Gasteiger partial charge in [0.15, 0.2) is 5.75 Å². The van der Waals surface area contributed by atoms with Crippen LogP contribution in [0.5, 0.6) is 5.75 Å². The molecule has 40 heavy (non-hydrogen) atoms. The molecular weight excluding hydrogens is 582 g/mol. The molecule has 4 nitrogen and oxygen atoms in total. The van der Waals surface area contributed by atoms with E-state index in [2.05, 4.69) is 89.4 Å². The number of nitrogens with zero attached hydrogens (tertiary/aromatic N) is 1. The van der Waals surface area contributed by atoms with Crippen molar-refractivity contribution >= 4 is 36.8 Å². The lowest BCUT2D eigenvalue weighted by Crippen LogP contribution is -2.22. The Bertz CT molecular complexity index is 1770. The van der Waals surface area contributed by atoms with E-state index in [0.29, 0.717) is 12.3 Å². The molecule has 204 valence electrons. The van der Waals surface area contributed by atoms with Crippen molar-refractivity contribution in [1.29, 1.82) is 0 Å². The molecule has 0 unspecified atom stereocenters. The first-order valence-corrected chi connectivity index (χ1v) is 15.4. The Morgan fingerprint density at radius 2 is 1.50 bits per heavy atom. The molecule has 0 heterocycles. The highest BCUT2D eigenvalue weighted by atomic mass is 79.9. The predicted octanol–water partition coefficient (Wildman–Crippen LogP) is 8.85. The van der Waals surface area contributed by atoms with Gasteiger partial charge >= 0.3 is 10.1 Å². The molecule has 5 aromatic carbocycles. The molecule has 0 aliphatic rings. The third-order valence-electron chi connectivity index (χ3n) is 7.37. The van der Waals surface area contributed by atoms with Crippen molar-refractivity contribution in [3.8, 4) is 16.9 Å². The van der Waals surface area contributed by atoms with E-state index in [4.69, 9.17) is 4.18 Å². The quantitative estimate of drug-likeness (QED) is 0.164. The molecule has 0 amide bonds. The standard InChI is InChI=1S/C34H32BrNO3S/c1-23-20-24(2)33(32(21-23)39-40(37,38)30-18-16-29(35)17-19-30)34-28(15-14-27-12-8-9-13-31(27)34)22-36(4)25(3)26-10-6-5-7-11-26/h5-21,25H,22H2,1-4H3/t25-/m1/s1. The Kier molecular flexibility index (Phi) is 8.13. The maximum atomic E-state index is 13.4. The summed E-state index contributed by atoms with van der Waals surface area (Å²) in [5.41, 5.74) is 6.00. The lowest BCUT2D eigenvalue weighted by atomic mass is 9.89. The predicted molar refractivity (Wildman–Crippen MR) is 167 cm³/mol. The first kappa shape index (κ1) is 28.1. The minimum atomic E-state index is -4.06. The second kappa shape index (κ2) is 11.6. The van der Waals surface area contributed by atoms with Crippen LogP contribution in [0.3, 0.4) is 0 Å². The number of benzene rings is 5. The van der Waals surface area contributed by atoms with Crippen molar-refractivity contribution in [2.75, 3.05) is 7.05 Å². The molecule has 0 saturated heterocycles. The van der Waals surface area contributed by atoms with E-state index >= 15 is 0 Å². The zero-order chi connectivity index (χ0) is 28.4. The normalized spacial score (nSPS) is 12.6. The van der Waals surface area contributed by atoms with Crippen LogP contribution in [0.1, 0.15) is 35.2 Å². The number of halogens is 1. The van der Waals surface area contributed by atoms with Crippen LogP contribution in [0.15, 0.2) is 112 Å². The van der Waals surface area contributed by atoms with Gasteiger partial charge in [-0.25, -0.2) is 0 Å². The summed E-state index contributed by atoms with van der Waals surface area (Å²) < 4.78 is 33.6. The van der Waals surface area contributed by atoms with Gasteiger partial charge in [0.2, 0.25) is 0 Å². The number of fused-ring (bicyclic) bond motifs is 1. The molecule has 0 bridgehead atoms. The monoisotopic (exact) mass is 613 g/mol. The third kappa shape index (κ3) is 5.85. The maximum absolute atomic E-state index is 13.4. The van der Waals surface area contributed by atoms with Crippen molar-refractivity contribution in [2.45, 2.75) is 38.3 Å². The maximum Gasteiger partial charge on any atom is 0.339 e. The summed E-state index contributed by atoms with van der Waals surface area (Å²) in [4.78, 5) is 2.42. The summed E-state index contributed by atoms with van der Waals surface area (Å²) in [6.45, 7) is 6.84. The van der Waals surface area contributed by atoms with Crippen molar-refractivity contribution < 1.29 is 12.6 Å². The summed E-state index contributed by atoms with van der Waals surface area (Å²) in [5.74, 6) is 0.330. The van der Waals surface area contributed by atoms with Crippen LogP contribution in [0.4, 0.5) is 0 Å². The van der Waals surface area contributed by atoms with Crippen molar-refractivity contribution in [3.05, 3.63) is 130 Å². The molecule has 0 radical (unpaired) electrons. The number of rotatable bonds is 8. The first-order valence-electron chi connectivity index (χ1n) is 13.2. The molecule has 0 fully saturated rings. The molecule has 5 rings (SSSR count). The van der Waals surface area contributed by atoms with Gasteiger partial charge in [-0.3, -0.25) is 4.90 Å². The van der Waals surface area contributed by atoms with Crippen molar-refractivity contribution in [3.63, 3.8) is 0 Å². The smallest absolute Gasteiger partial charge is 0.339 e. The average Bonchev–Trinajstić information content (AvgIpc) is 2.93. The van der Waals surface area contributed by atoms with Crippen LogP contribution >= 0.6 is 15.9 Å². The summed E-state index contributed by atoms with van der Waals surface area (Å²) in [6, 6.07) is 33.5. The van der Waals surface area contributed by atoms with E-state index < -0.39 is 10.1 Å². The van der Waals surface area contributed by atoms with Gasteiger partial charge in [0.1, 0.15) is 4.90 Å². The molecule has 1 atom stereocenters. The average molecular weight is 615 g/mol. The minimum absolute atomic E-state index is 0.107. The van der Waals surface area contributed by atoms with Crippen LogP contribution in [-0.2, 0) is 16.7 Å². The van der Waals surface area contributed by atoms with Gasteiger partial charge in [-0.15, -0.1) is 0 Å². The molecule has 5 aromatic rings. The lowest BCUT2D eigenvalue weighted by molar-refractivity contribution is 0.253. The Labute approximate surface area is 245 Å². The zero-order valence-corrected chi connectivity index (χ0v) is 25.5. The van der Waals surface area contributed by atoms with Crippen LogP contribution in [0.2, 0.25) is 0 Å².